The summed E-state index contributed by atoms with van der Waals surface area (Å²) in [5.41, 5.74) is 5.20. The van der Waals surface area contributed by atoms with Gasteiger partial charge in [0.05, 0.1) is 11.1 Å². The third-order valence-electron chi connectivity index (χ3n) is 1.93. The lowest BCUT2D eigenvalue weighted by Gasteiger charge is -2.11. The summed E-state index contributed by atoms with van der Waals surface area (Å²) in [5, 5.41) is 3.55. The molecule has 3 N–H and O–H groups in total. The van der Waals surface area contributed by atoms with Crippen molar-refractivity contribution >= 4 is 29.3 Å². The molecule has 82 valence electrons. The van der Waals surface area contributed by atoms with Gasteiger partial charge in [-0.1, -0.05) is 23.7 Å². The zero-order valence-electron chi connectivity index (χ0n) is 8.37. The number of thioether (sulfide) groups is 1. The number of hydrogen-bond acceptors (Lipinski definition) is 3. The van der Waals surface area contributed by atoms with Gasteiger partial charge in [-0.05, 0) is 19.2 Å². The number of benzene rings is 1. The summed E-state index contributed by atoms with van der Waals surface area (Å²) in [6.07, 6.45) is 0. The molecule has 0 aliphatic carbocycles. The Labute approximate surface area is 98.4 Å². The van der Waals surface area contributed by atoms with Crippen molar-refractivity contribution in [3.63, 3.8) is 0 Å². The topological polar surface area (TPSA) is 55.1 Å². The molecule has 1 rings (SSSR count). The molecular weight excluding hydrogens is 232 g/mol. The van der Waals surface area contributed by atoms with Crippen molar-refractivity contribution in [1.82, 2.24) is 5.32 Å². The maximum Gasteiger partial charge on any atom is 0.235 e. The Morgan fingerprint density at radius 2 is 2.27 bits per heavy atom. The number of hydrogen-bond donors (Lipinski definition) is 2. The molecule has 0 aliphatic heterocycles. The van der Waals surface area contributed by atoms with Crippen molar-refractivity contribution < 1.29 is 4.79 Å². The molecule has 0 aliphatic rings. The highest BCUT2D eigenvalue weighted by Gasteiger charge is 2.13. The van der Waals surface area contributed by atoms with Gasteiger partial charge in [-0.2, -0.15) is 0 Å². The van der Waals surface area contributed by atoms with Crippen LogP contribution in [0.15, 0.2) is 29.2 Å². The summed E-state index contributed by atoms with van der Waals surface area (Å²) in [5.74, 6) is 0.229. The number of carbonyl (C=O) groups excluding carboxylic acids is 1. The van der Waals surface area contributed by atoms with Crippen LogP contribution in [0.2, 0.25) is 5.02 Å². The zero-order chi connectivity index (χ0) is 11.3. The minimum absolute atomic E-state index is 0.328. The second kappa shape index (κ2) is 6.00. The van der Waals surface area contributed by atoms with E-state index in [1.54, 1.807) is 7.05 Å². The van der Waals surface area contributed by atoms with E-state index in [4.69, 9.17) is 17.3 Å². The number of likely N-dealkylation sites (N-methyl/N-ethyl adjacent to an activating group) is 1. The normalized spacial score (nSPS) is 12.4. The summed E-state index contributed by atoms with van der Waals surface area (Å²) >= 11 is 7.49. The molecule has 0 heterocycles. The molecule has 0 aromatic heterocycles. The number of rotatable bonds is 5. The SMILES string of the molecule is CNC(CSc1ccccc1Cl)C(N)=O. The van der Waals surface area contributed by atoms with Crippen molar-refractivity contribution in [2.24, 2.45) is 5.73 Å². The van der Waals surface area contributed by atoms with Crippen LogP contribution in [0.5, 0.6) is 0 Å². The van der Waals surface area contributed by atoms with Crippen molar-refractivity contribution in [2.75, 3.05) is 12.8 Å². The van der Waals surface area contributed by atoms with E-state index in [1.807, 2.05) is 24.3 Å². The molecule has 0 spiro atoms. The average molecular weight is 245 g/mol. The van der Waals surface area contributed by atoms with Gasteiger partial charge < -0.3 is 11.1 Å². The van der Waals surface area contributed by atoms with E-state index < -0.39 is 0 Å². The first-order valence-corrected chi connectivity index (χ1v) is 5.85. The Morgan fingerprint density at radius 1 is 1.60 bits per heavy atom. The Morgan fingerprint density at radius 3 is 2.80 bits per heavy atom. The predicted octanol–water partition coefficient (Wildman–Crippen LogP) is 1.51. The standard InChI is InChI=1S/C10H13ClN2OS/c1-13-8(10(12)14)6-15-9-5-3-2-4-7(9)11/h2-5,8,13H,6H2,1H3,(H2,12,14). The lowest BCUT2D eigenvalue weighted by molar-refractivity contribution is -0.119. The van der Waals surface area contributed by atoms with E-state index in [0.717, 1.165) is 4.90 Å². The van der Waals surface area contributed by atoms with Gasteiger partial charge in [0.1, 0.15) is 0 Å². The molecule has 5 heteroatoms. The fraction of sp³-hybridized carbons (Fsp3) is 0.300. The first kappa shape index (κ1) is 12.4. The summed E-state index contributed by atoms with van der Waals surface area (Å²) in [4.78, 5) is 11.9. The Kier molecular flexibility index (Phi) is 4.94. The molecule has 0 saturated heterocycles. The first-order valence-electron chi connectivity index (χ1n) is 4.49. The maximum absolute atomic E-state index is 11.0. The summed E-state index contributed by atoms with van der Waals surface area (Å²) in [7, 11) is 1.71. The first-order chi connectivity index (χ1) is 7.15. The van der Waals surface area contributed by atoms with Crippen molar-refractivity contribution in [3.05, 3.63) is 29.3 Å². The van der Waals surface area contributed by atoms with Crippen LogP contribution < -0.4 is 11.1 Å². The van der Waals surface area contributed by atoms with Gasteiger partial charge in [0, 0.05) is 10.6 Å². The Hall–Kier alpha value is -0.710. The third-order valence-corrected chi connectivity index (χ3v) is 3.54. The fourth-order valence-electron chi connectivity index (χ4n) is 1.04. The van der Waals surface area contributed by atoms with E-state index in [0.29, 0.717) is 10.8 Å². The highest BCUT2D eigenvalue weighted by atomic mass is 35.5. The van der Waals surface area contributed by atoms with E-state index in [9.17, 15) is 4.79 Å². The zero-order valence-corrected chi connectivity index (χ0v) is 9.94. The van der Waals surface area contributed by atoms with Gasteiger partial charge in [0.15, 0.2) is 0 Å². The summed E-state index contributed by atoms with van der Waals surface area (Å²) in [6.45, 7) is 0. The monoisotopic (exact) mass is 244 g/mol. The maximum atomic E-state index is 11.0. The quantitative estimate of drug-likeness (QED) is 0.772. The molecule has 0 bridgehead atoms. The van der Waals surface area contributed by atoms with Crippen LogP contribution in [0.3, 0.4) is 0 Å². The highest BCUT2D eigenvalue weighted by molar-refractivity contribution is 7.99. The van der Waals surface area contributed by atoms with E-state index in [2.05, 4.69) is 5.32 Å². The molecule has 1 amide bonds. The predicted molar refractivity (Wildman–Crippen MR) is 64.2 cm³/mol. The van der Waals surface area contributed by atoms with Crippen LogP contribution >= 0.6 is 23.4 Å². The minimum Gasteiger partial charge on any atom is -0.368 e. The van der Waals surface area contributed by atoms with Crippen molar-refractivity contribution in [1.29, 1.82) is 0 Å². The molecular formula is C10H13ClN2OS. The second-order valence-corrected chi connectivity index (χ2v) is 4.45. The highest BCUT2D eigenvalue weighted by Crippen LogP contribution is 2.26. The molecule has 1 aromatic rings. The third kappa shape index (κ3) is 3.74. The Balaban J connectivity index is 2.56. The lowest BCUT2D eigenvalue weighted by Crippen LogP contribution is -2.41. The number of carbonyl (C=O) groups is 1. The number of nitrogens with one attached hydrogen (secondary N) is 1. The fourth-order valence-corrected chi connectivity index (χ4v) is 2.40. The number of amides is 1. The number of halogens is 1. The number of primary amides is 1. The van der Waals surface area contributed by atoms with E-state index in [1.165, 1.54) is 11.8 Å². The minimum atomic E-state index is -0.350. The molecule has 1 atom stereocenters. The molecule has 0 radical (unpaired) electrons. The smallest absolute Gasteiger partial charge is 0.235 e. The van der Waals surface area contributed by atoms with Gasteiger partial charge in [-0.3, -0.25) is 4.79 Å². The van der Waals surface area contributed by atoms with Gasteiger partial charge in [-0.25, -0.2) is 0 Å². The lowest BCUT2D eigenvalue weighted by atomic mass is 10.3. The van der Waals surface area contributed by atoms with Crippen LogP contribution in [0, 0.1) is 0 Å². The van der Waals surface area contributed by atoms with Gasteiger partial charge in [0.25, 0.3) is 0 Å². The van der Waals surface area contributed by atoms with Crippen LogP contribution in [0.25, 0.3) is 0 Å². The van der Waals surface area contributed by atoms with E-state index in [-0.39, 0.29) is 11.9 Å². The Bertz CT molecular complexity index is 346. The second-order valence-electron chi connectivity index (χ2n) is 2.99. The van der Waals surface area contributed by atoms with Crippen LogP contribution in [0.1, 0.15) is 0 Å². The molecule has 15 heavy (non-hydrogen) atoms. The molecule has 1 aromatic carbocycles. The molecule has 0 saturated carbocycles. The average Bonchev–Trinajstić information content (AvgIpc) is 2.21. The molecule has 0 fully saturated rings. The van der Waals surface area contributed by atoms with Crippen LogP contribution in [0.4, 0.5) is 0 Å². The van der Waals surface area contributed by atoms with Crippen molar-refractivity contribution in [2.45, 2.75) is 10.9 Å². The largest absolute Gasteiger partial charge is 0.368 e. The van der Waals surface area contributed by atoms with Gasteiger partial charge >= 0.3 is 0 Å². The van der Waals surface area contributed by atoms with Crippen LogP contribution in [-0.2, 0) is 4.79 Å². The van der Waals surface area contributed by atoms with Crippen molar-refractivity contribution in [3.8, 4) is 0 Å². The van der Waals surface area contributed by atoms with Gasteiger partial charge in [-0.15, -0.1) is 11.8 Å². The molecule has 3 nitrogen and oxygen atoms in total. The summed E-state index contributed by atoms with van der Waals surface area (Å²) < 4.78 is 0. The molecule has 1 unspecified atom stereocenters. The van der Waals surface area contributed by atoms with E-state index >= 15 is 0 Å². The number of nitrogens with two attached hydrogens (primary N) is 1. The summed E-state index contributed by atoms with van der Waals surface area (Å²) in [6, 6.07) is 7.19. The van der Waals surface area contributed by atoms with Crippen LogP contribution in [-0.4, -0.2) is 24.7 Å². The van der Waals surface area contributed by atoms with Gasteiger partial charge in [0.2, 0.25) is 5.91 Å².